The lowest BCUT2D eigenvalue weighted by molar-refractivity contribution is -0.118. The van der Waals surface area contributed by atoms with Gasteiger partial charge in [0.2, 0.25) is 5.91 Å². The molecule has 0 aromatic carbocycles. The Kier molecular flexibility index (Phi) is 6.84. The fourth-order valence-electron chi connectivity index (χ4n) is 1.94. The quantitative estimate of drug-likeness (QED) is 0.707. The number of hydrogen-bond donors (Lipinski definition) is 1. The Balaban J connectivity index is 2.09. The minimum atomic E-state index is 0.155. The topological polar surface area (TPSA) is 41.6 Å². The number of carbonyl (C=O) groups excluding carboxylic acids is 1. The van der Waals surface area contributed by atoms with Gasteiger partial charge < -0.3 is 15.0 Å². The number of hydrogen-bond acceptors (Lipinski definition) is 4. The van der Waals surface area contributed by atoms with Crippen molar-refractivity contribution in [2.75, 3.05) is 51.9 Å². The average molecular weight is 246 g/mol. The van der Waals surface area contributed by atoms with Crippen LogP contribution >= 0.6 is 11.8 Å². The number of nitrogens with zero attached hydrogens (tertiary/aromatic N) is 1. The number of carbonyl (C=O) groups is 1. The summed E-state index contributed by atoms with van der Waals surface area (Å²) in [6.45, 7) is 4.84. The van der Waals surface area contributed by atoms with E-state index in [1.807, 2.05) is 6.26 Å². The third kappa shape index (κ3) is 5.18. The van der Waals surface area contributed by atoms with Crippen molar-refractivity contribution in [3.63, 3.8) is 0 Å². The van der Waals surface area contributed by atoms with Crippen LogP contribution in [0.4, 0.5) is 0 Å². The van der Waals surface area contributed by atoms with E-state index in [9.17, 15) is 4.79 Å². The molecule has 1 N–H and O–H groups in total. The smallest absolute Gasteiger partial charge is 0.229 e. The van der Waals surface area contributed by atoms with Crippen LogP contribution in [-0.4, -0.2) is 62.7 Å². The van der Waals surface area contributed by atoms with Crippen LogP contribution < -0.4 is 5.32 Å². The number of thioether (sulfide) groups is 1. The molecule has 1 heterocycles. The largest absolute Gasteiger partial charge is 0.383 e. The summed E-state index contributed by atoms with van der Waals surface area (Å²) < 4.78 is 5.05. The molecule has 0 saturated carbocycles. The van der Waals surface area contributed by atoms with Gasteiger partial charge in [-0.25, -0.2) is 0 Å². The molecule has 1 saturated heterocycles. The molecule has 0 aromatic rings. The predicted octanol–water partition coefficient (Wildman–Crippen LogP) is 0.434. The molecule has 0 aromatic heterocycles. The van der Waals surface area contributed by atoms with Crippen molar-refractivity contribution in [2.45, 2.75) is 6.42 Å². The molecular formula is C11H22N2O2S. The summed E-state index contributed by atoms with van der Waals surface area (Å²) >= 11 is 1.56. The Morgan fingerprint density at radius 1 is 1.62 bits per heavy atom. The highest BCUT2D eigenvalue weighted by atomic mass is 32.2. The number of rotatable bonds is 7. The Morgan fingerprint density at radius 3 is 3.12 bits per heavy atom. The molecule has 0 bridgehead atoms. The maximum Gasteiger partial charge on any atom is 0.229 e. The Labute approximate surface area is 102 Å². The molecule has 4 nitrogen and oxygen atoms in total. The monoisotopic (exact) mass is 246 g/mol. The summed E-state index contributed by atoms with van der Waals surface area (Å²) in [7, 11) is 1.73. The first kappa shape index (κ1) is 13.8. The Bertz CT molecular complexity index is 214. The Hall–Kier alpha value is -0.260. The minimum absolute atomic E-state index is 0.155. The number of likely N-dealkylation sites (tertiary alicyclic amines) is 1. The summed E-state index contributed by atoms with van der Waals surface area (Å²) in [5.41, 5.74) is 0. The van der Waals surface area contributed by atoms with Gasteiger partial charge in [-0.3, -0.25) is 4.79 Å². The fourth-order valence-corrected chi connectivity index (χ4v) is 2.31. The second kappa shape index (κ2) is 7.92. The first-order valence-electron chi connectivity index (χ1n) is 5.73. The number of nitrogens with one attached hydrogen (secondary N) is 1. The number of methoxy groups -OCH3 is 1. The van der Waals surface area contributed by atoms with E-state index in [1.54, 1.807) is 18.9 Å². The van der Waals surface area contributed by atoms with Crippen molar-refractivity contribution >= 4 is 17.7 Å². The zero-order valence-corrected chi connectivity index (χ0v) is 11.0. The fraction of sp³-hybridized carbons (Fsp3) is 0.909. The minimum Gasteiger partial charge on any atom is -0.383 e. The van der Waals surface area contributed by atoms with Crippen molar-refractivity contribution in [1.82, 2.24) is 10.2 Å². The van der Waals surface area contributed by atoms with Crippen LogP contribution in [0.15, 0.2) is 0 Å². The highest BCUT2D eigenvalue weighted by Gasteiger charge is 2.22. The maximum atomic E-state index is 11.3. The van der Waals surface area contributed by atoms with Gasteiger partial charge in [0.1, 0.15) is 0 Å². The lowest BCUT2D eigenvalue weighted by atomic mass is 10.1. The summed E-state index contributed by atoms with van der Waals surface area (Å²) in [4.78, 5) is 13.7. The van der Waals surface area contributed by atoms with Crippen LogP contribution in [0.2, 0.25) is 0 Å². The van der Waals surface area contributed by atoms with Crippen molar-refractivity contribution in [1.29, 1.82) is 0 Å². The average Bonchev–Trinajstić information content (AvgIpc) is 2.72. The van der Waals surface area contributed by atoms with E-state index in [-0.39, 0.29) is 5.91 Å². The molecule has 0 radical (unpaired) electrons. The molecule has 94 valence electrons. The van der Waals surface area contributed by atoms with Crippen molar-refractivity contribution < 1.29 is 9.53 Å². The molecular weight excluding hydrogens is 224 g/mol. The van der Waals surface area contributed by atoms with Gasteiger partial charge in [0, 0.05) is 26.7 Å². The zero-order valence-electron chi connectivity index (χ0n) is 10.2. The lowest BCUT2D eigenvalue weighted by Crippen LogP contribution is -2.32. The molecule has 1 rings (SSSR count). The van der Waals surface area contributed by atoms with Crippen LogP contribution in [0.25, 0.3) is 0 Å². The van der Waals surface area contributed by atoms with Gasteiger partial charge in [-0.2, -0.15) is 11.8 Å². The number of ether oxygens (including phenoxy) is 1. The first-order chi connectivity index (χ1) is 7.76. The maximum absolute atomic E-state index is 11.3. The summed E-state index contributed by atoms with van der Waals surface area (Å²) in [5, 5.41) is 2.98. The van der Waals surface area contributed by atoms with Crippen molar-refractivity contribution in [3.05, 3.63) is 0 Å². The van der Waals surface area contributed by atoms with Gasteiger partial charge in [-0.15, -0.1) is 0 Å². The second-order valence-electron chi connectivity index (χ2n) is 4.19. The standard InChI is InChI=1S/C11H22N2O2S/c1-15-6-5-13-4-3-10(8-13)7-12-11(14)9-16-2/h10H,3-9H2,1-2H3,(H,12,14). The second-order valence-corrected chi connectivity index (χ2v) is 5.05. The Morgan fingerprint density at radius 2 is 2.44 bits per heavy atom. The van der Waals surface area contributed by atoms with E-state index in [2.05, 4.69) is 10.2 Å². The van der Waals surface area contributed by atoms with E-state index < -0.39 is 0 Å². The molecule has 0 spiro atoms. The van der Waals surface area contributed by atoms with Crippen LogP contribution in [0.5, 0.6) is 0 Å². The van der Waals surface area contributed by atoms with Crippen LogP contribution in [0.3, 0.4) is 0 Å². The third-order valence-corrected chi connectivity index (χ3v) is 3.40. The van der Waals surface area contributed by atoms with Gasteiger partial charge in [0.15, 0.2) is 0 Å². The van der Waals surface area contributed by atoms with E-state index in [0.717, 1.165) is 32.8 Å². The molecule has 1 amide bonds. The highest BCUT2D eigenvalue weighted by Crippen LogP contribution is 2.14. The summed E-state index contributed by atoms with van der Waals surface area (Å²) in [6, 6.07) is 0. The van der Waals surface area contributed by atoms with Crippen molar-refractivity contribution in [3.8, 4) is 0 Å². The number of amides is 1. The highest BCUT2D eigenvalue weighted by molar-refractivity contribution is 7.99. The normalized spacial score (nSPS) is 21.2. The van der Waals surface area contributed by atoms with Gasteiger partial charge in [0.25, 0.3) is 0 Å². The zero-order chi connectivity index (χ0) is 11.8. The van der Waals surface area contributed by atoms with E-state index >= 15 is 0 Å². The molecule has 1 aliphatic heterocycles. The molecule has 0 aliphatic carbocycles. The van der Waals surface area contributed by atoms with Gasteiger partial charge in [-0.1, -0.05) is 0 Å². The predicted molar refractivity (Wildman–Crippen MR) is 67.8 cm³/mol. The van der Waals surface area contributed by atoms with Gasteiger partial charge in [0.05, 0.1) is 12.4 Å². The van der Waals surface area contributed by atoms with Crippen LogP contribution in [-0.2, 0) is 9.53 Å². The van der Waals surface area contributed by atoms with Crippen LogP contribution in [0, 0.1) is 5.92 Å². The third-order valence-electron chi connectivity index (χ3n) is 2.84. The summed E-state index contributed by atoms with van der Waals surface area (Å²) in [5.74, 6) is 1.34. The SMILES string of the molecule is COCCN1CCC(CNC(=O)CSC)C1. The molecule has 16 heavy (non-hydrogen) atoms. The van der Waals surface area contributed by atoms with Crippen LogP contribution in [0.1, 0.15) is 6.42 Å². The van der Waals surface area contributed by atoms with E-state index in [4.69, 9.17) is 4.74 Å². The van der Waals surface area contributed by atoms with Crippen molar-refractivity contribution in [2.24, 2.45) is 5.92 Å². The van der Waals surface area contributed by atoms with Gasteiger partial charge in [-0.05, 0) is 25.1 Å². The summed E-state index contributed by atoms with van der Waals surface area (Å²) in [6.07, 6.45) is 3.13. The molecule has 1 aliphatic rings. The van der Waals surface area contributed by atoms with E-state index in [0.29, 0.717) is 11.7 Å². The van der Waals surface area contributed by atoms with Gasteiger partial charge >= 0.3 is 0 Å². The molecule has 1 fully saturated rings. The first-order valence-corrected chi connectivity index (χ1v) is 7.12. The molecule has 1 unspecified atom stereocenters. The van der Waals surface area contributed by atoms with E-state index in [1.165, 1.54) is 6.42 Å². The molecule has 5 heteroatoms. The molecule has 1 atom stereocenters. The lowest BCUT2D eigenvalue weighted by Gasteiger charge is -2.15.